The molecule has 0 fully saturated rings. The molecular weight excluding hydrogens is 212 g/mol. The van der Waals surface area contributed by atoms with E-state index in [0.717, 1.165) is 11.1 Å². The molecule has 0 unspecified atom stereocenters. The molecule has 6 heteroatoms. The second-order valence-electron chi connectivity index (χ2n) is 3.15. The molecule has 0 radical (unpaired) electrons. The molecule has 0 bridgehead atoms. The van der Waals surface area contributed by atoms with Crippen LogP contribution in [0.2, 0.25) is 0 Å². The minimum Gasteiger partial charge on any atom is -0.412 e. The molecule has 0 aliphatic heterocycles. The molecule has 1 aromatic heterocycles. The normalized spacial score (nSPS) is 9.56. The first-order valence-corrected chi connectivity index (χ1v) is 4.34. The summed E-state index contributed by atoms with van der Waals surface area (Å²) in [4.78, 5) is 10.0. The van der Waals surface area contributed by atoms with Crippen molar-refractivity contribution >= 4 is 5.69 Å². The summed E-state index contributed by atoms with van der Waals surface area (Å²) in [7, 11) is 0. The number of aromatic nitrogens is 1. The van der Waals surface area contributed by atoms with Crippen molar-refractivity contribution < 1.29 is 14.9 Å². The van der Waals surface area contributed by atoms with Crippen LogP contribution in [0.4, 0.5) is 5.69 Å². The van der Waals surface area contributed by atoms with Crippen LogP contribution in [-0.4, -0.2) is 15.6 Å². The lowest BCUT2D eigenvalue weighted by Gasteiger charge is -1.96. The molecule has 84 valence electrons. The van der Waals surface area contributed by atoms with E-state index in [2.05, 4.69) is 5.16 Å². The lowest BCUT2D eigenvalue weighted by Crippen LogP contribution is -1.87. The topological polar surface area (TPSA) is 101 Å². The highest BCUT2D eigenvalue weighted by molar-refractivity contribution is 5.63. The average molecular weight is 222 g/mol. The molecule has 1 heterocycles. The maximum absolute atomic E-state index is 10.4. The molecule has 0 atom stereocenters. The number of nitrogens with zero attached hydrogens (tertiary/aromatic N) is 2. The van der Waals surface area contributed by atoms with E-state index in [1.165, 1.54) is 18.4 Å². The van der Waals surface area contributed by atoms with E-state index < -0.39 is 4.92 Å². The monoisotopic (exact) mass is 222 g/mol. The van der Waals surface area contributed by atoms with Crippen LogP contribution in [0.25, 0.3) is 11.3 Å². The number of nitro groups is 1. The van der Waals surface area contributed by atoms with E-state index in [1.54, 1.807) is 12.1 Å². The Morgan fingerprint density at radius 2 is 1.94 bits per heavy atom. The first-order chi connectivity index (χ1) is 7.18. The summed E-state index contributed by atoms with van der Waals surface area (Å²) in [6.45, 7) is 1.87. The van der Waals surface area contributed by atoms with Gasteiger partial charge >= 0.3 is 0 Å². The number of rotatable bonds is 2. The molecule has 0 saturated heterocycles. The summed E-state index contributed by atoms with van der Waals surface area (Å²) in [6.07, 6.45) is 1.54. The molecule has 0 aliphatic rings. The van der Waals surface area contributed by atoms with E-state index in [-0.39, 0.29) is 11.2 Å². The lowest BCUT2D eigenvalue weighted by atomic mass is 10.1. The predicted octanol–water partition coefficient (Wildman–Crippen LogP) is 1.73. The summed E-state index contributed by atoms with van der Waals surface area (Å²) >= 11 is 0. The summed E-state index contributed by atoms with van der Waals surface area (Å²) in [5, 5.41) is 14.3. The number of aryl methyl sites for hydroxylation is 1. The molecule has 0 aliphatic carbocycles. The van der Waals surface area contributed by atoms with E-state index in [0.29, 0.717) is 5.69 Å². The number of nitro benzene ring substituents is 1. The Balaban J connectivity index is 0.00000128. The van der Waals surface area contributed by atoms with Crippen LogP contribution in [0.3, 0.4) is 0 Å². The molecule has 0 amide bonds. The van der Waals surface area contributed by atoms with Gasteiger partial charge in [-0.2, -0.15) is 0 Å². The van der Waals surface area contributed by atoms with Crippen molar-refractivity contribution in [1.82, 2.24) is 5.16 Å². The van der Waals surface area contributed by atoms with Crippen molar-refractivity contribution in [3.05, 3.63) is 46.2 Å². The van der Waals surface area contributed by atoms with Gasteiger partial charge in [0.25, 0.3) is 5.69 Å². The quantitative estimate of drug-likeness (QED) is 0.570. The minimum absolute atomic E-state index is 0. The van der Waals surface area contributed by atoms with Gasteiger partial charge < -0.3 is 10.00 Å². The van der Waals surface area contributed by atoms with Crippen LogP contribution in [0.15, 0.2) is 35.1 Å². The van der Waals surface area contributed by atoms with Crippen molar-refractivity contribution in [3.63, 3.8) is 0 Å². The zero-order valence-electron chi connectivity index (χ0n) is 8.51. The van der Waals surface area contributed by atoms with Gasteiger partial charge in [0.2, 0.25) is 0 Å². The smallest absolute Gasteiger partial charge is 0.269 e. The molecule has 2 rings (SSSR count). The van der Waals surface area contributed by atoms with Crippen molar-refractivity contribution in [2.75, 3.05) is 0 Å². The van der Waals surface area contributed by atoms with Gasteiger partial charge in [-0.05, 0) is 19.1 Å². The average Bonchev–Trinajstić information content (AvgIpc) is 2.65. The zero-order valence-corrected chi connectivity index (χ0v) is 8.51. The van der Waals surface area contributed by atoms with Gasteiger partial charge in [0, 0.05) is 23.3 Å². The van der Waals surface area contributed by atoms with Crippen LogP contribution < -0.4 is 0 Å². The first kappa shape index (κ1) is 11.9. The van der Waals surface area contributed by atoms with Gasteiger partial charge in [0.1, 0.15) is 12.0 Å². The van der Waals surface area contributed by atoms with Gasteiger partial charge in [-0.3, -0.25) is 10.1 Å². The second-order valence-corrected chi connectivity index (χ2v) is 3.15. The highest BCUT2D eigenvalue weighted by Crippen LogP contribution is 2.23. The zero-order chi connectivity index (χ0) is 10.8. The van der Waals surface area contributed by atoms with Crippen molar-refractivity contribution in [3.8, 4) is 11.3 Å². The largest absolute Gasteiger partial charge is 0.412 e. The summed E-state index contributed by atoms with van der Waals surface area (Å²) in [6, 6.07) is 6.21. The fraction of sp³-hybridized carbons (Fsp3) is 0.100. The molecule has 0 saturated carbocycles. The van der Waals surface area contributed by atoms with Gasteiger partial charge in [-0.15, -0.1) is 0 Å². The fourth-order valence-electron chi connectivity index (χ4n) is 1.31. The Morgan fingerprint density at radius 1 is 1.31 bits per heavy atom. The highest BCUT2D eigenvalue weighted by Gasteiger charge is 2.09. The van der Waals surface area contributed by atoms with Gasteiger partial charge in [0.05, 0.1) is 4.92 Å². The van der Waals surface area contributed by atoms with Crippen molar-refractivity contribution in [2.24, 2.45) is 0 Å². The van der Waals surface area contributed by atoms with Crippen molar-refractivity contribution in [1.29, 1.82) is 0 Å². The van der Waals surface area contributed by atoms with Gasteiger partial charge in [-0.25, -0.2) is 0 Å². The van der Waals surface area contributed by atoms with Crippen LogP contribution in [-0.2, 0) is 0 Å². The third-order valence-corrected chi connectivity index (χ3v) is 2.10. The Morgan fingerprint density at radius 3 is 2.38 bits per heavy atom. The minimum atomic E-state index is -0.431. The lowest BCUT2D eigenvalue weighted by molar-refractivity contribution is -0.384. The standard InChI is InChI=1S/C10H8N2O3.H2O/c1-7-6-15-11-10(7)8-2-4-9(5-3-8)12(13)14;/h2-6H,1H3;1H2. The van der Waals surface area contributed by atoms with Crippen LogP contribution in [0.1, 0.15) is 5.56 Å². The number of benzene rings is 1. The maximum Gasteiger partial charge on any atom is 0.269 e. The first-order valence-electron chi connectivity index (χ1n) is 4.34. The Hall–Kier alpha value is -2.21. The fourth-order valence-corrected chi connectivity index (χ4v) is 1.31. The molecular formula is C10H10N2O4. The number of hydrogen-bond donors (Lipinski definition) is 0. The number of hydrogen-bond acceptors (Lipinski definition) is 4. The second kappa shape index (κ2) is 4.54. The van der Waals surface area contributed by atoms with Crippen LogP contribution in [0, 0.1) is 17.0 Å². The molecule has 2 aromatic rings. The van der Waals surface area contributed by atoms with Gasteiger partial charge in [-0.1, -0.05) is 5.16 Å². The highest BCUT2D eigenvalue weighted by atomic mass is 16.6. The third-order valence-electron chi connectivity index (χ3n) is 2.10. The number of non-ortho nitro benzene ring substituents is 1. The van der Waals surface area contributed by atoms with Crippen molar-refractivity contribution in [2.45, 2.75) is 6.92 Å². The van der Waals surface area contributed by atoms with E-state index >= 15 is 0 Å². The van der Waals surface area contributed by atoms with E-state index in [9.17, 15) is 10.1 Å². The summed E-state index contributed by atoms with van der Waals surface area (Å²) in [5.41, 5.74) is 2.50. The summed E-state index contributed by atoms with van der Waals surface area (Å²) in [5.74, 6) is 0. The SMILES string of the molecule is Cc1conc1-c1ccc([N+](=O)[O-])cc1.O. The Labute approximate surface area is 91.0 Å². The van der Waals surface area contributed by atoms with Gasteiger partial charge in [0.15, 0.2) is 0 Å². The van der Waals surface area contributed by atoms with E-state index in [1.807, 2.05) is 6.92 Å². The molecule has 0 spiro atoms. The van der Waals surface area contributed by atoms with Crippen LogP contribution in [0.5, 0.6) is 0 Å². The van der Waals surface area contributed by atoms with E-state index in [4.69, 9.17) is 4.52 Å². The molecule has 16 heavy (non-hydrogen) atoms. The summed E-state index contributed by atoms with van der Waals surface area (Å²) < 4.78 is 4.79. The molecule has 2 N–H and O–H groups in total. The third kappa shape index (κ3) is 2.06. The Bertz CT molecular complexity index is 490. The maximum atomic E-state index is 10.4. The predicted molar refractivity (Wildman–Crippen MR) is 56.9 cm³/mol. The van der Waals surface area contributed by atoms with Crippen LogP contribution >= 0.6 is 0 Å². The molecule has 1 aromatic carbocycles. The Kier molecular flexibility index (Phi) is 3.37. The molecule has 6 nitrogen and oxygen atoms in total.